The average molecular weight is 290 g/mol. The Bertz CT molecular complexity index is 9.61. The summed E-state index contributed by atoms with van der Waals surface area (Å²) in [5, 5.41) is 12.0. The SMILES string of the molecule is OO.[GaH3].[InH3].[Zn]. The Morgan fingerprint density at radius 1 is 1.00 bits per heavy atom. The van der Waals surface area contributed by atoms with Crippen molar-refractivity contribution >= 4 is 45.6 Å². The Kier molecular flexibility index (Phi) is 204. The van der Waals surface area contributed by atoms with Gasteiger partial charge >= 0.3 is 45.6 Å². The van der Waals surface area contributed by atoms with Crippen LogP contribution in [0.4, 0.5) is 0 Å². The van der Waals surface area contributed by atoms with E-state index in [0.29, 0.717) is 0 Å². The van der Waals surface area contributed by atoms with Crippen molar-refractivity contribution in [1.29, 1.82) is 0 Å². The first kappa shape index (κ1) is 27.7. The molecule has 28 valence electrons. The Morgan fingerprint density at radius 3 is 1.00 bits per heavy atom. The zero-order valence-electron chi connectivity index (χ0n) is 1.60. The molecule has 0 aromatic rings. The minimum atomic E-state index is 0. The van der Waals surface area contributed by atoms with Crippen LogP contribution in [0.25, 0.3) is 0 Å². The Balaban J connectivity index is -0.00000000167. The summed E-state index contributed by atoms with van der Waals surface area (Å²) in [6.07, 6.45) is 0. The third-order valence-electron chi connectivity index (χ3n) is 0. The molecule has 0 unspecified atom stereocenters. The summed E-state index contributed by atoms with van der Waals surface area (Å²) in [4.78, 5) is 0. The second kappa shape index (κ2) is 36.7. The average Bonchev–Trinajstić information content (AvgIpc) is 1.00. The van der Waals surface area contributed by atoms with Crippen LogP contribution in [0.15, 0.2) is 0 Å². The van der Waals surface area contributed by atoms with Crippen LogP contribution >= 0.6 is 0 Å². The van der Waals surface area contributed by atoms with Gasteiger partial charge in [0, 0.05) is 19.5 Å². The molecule has 0 fully saturated rings. The molecule has 0 aliphatic rings. The second-order valence-corrected chi connectivity index (χ2v) is 0. The van der Waals surface area contributed by atoms with Gasteiger partial charge in [-0.25, -0.2) is 0 Å². The van der Waals surface area contributed by atoms with Crippen molar-refractivity contribution in [2.24, 2.45) is 0 Å². The van der Waals surface area contributed by atoms with Gasteiger partial charge in [0.05, 0.1) is 0 Å². The van der Waals surface area contributed by atoms with E-state index < -0.39 is 0 Å². The molecule has 0 atom stereocenters. The second-order valence-electron chi connectivity index (χ2n) is 0. The third kappa shape index (κ3) is 23.6. The molecule has 0 aromatic carbocycles. The summed E-state index contributed by atoms with van der Waals surface area (Å²) in [7, 11) is 0. The zero-order valence-corrected chi connectivity index (χ0v) is 4.57. The quantitative estimate of drug-likeness (QED) is 0.298. The van der Waals surface area contributed by atoms with Crippen LogP contribution in [0.1, 0.15) is 0 Å². The van der Waals surface area contributed by atoms with Crippen molar-refractivity contribution in [2.75, 3.05) is 0 Å². The van der Waals surface area contributed by atoms with E-state index in [0.717, 1.165) is 0 Å². The van der Waals surface area contributed by atoms with Crippen LogP contribution in [0.3, 0.4) is 0 Å². The molecular weight excluding hydrogens is 282 g/mol. The van der Waals surface area contributed by atoms with Crippen LogP contribution in [-0.4, -0.2) is 56.1 Å². The molecule has 0 aliphatic heterocycles. The van der Waals surface area contributed by atoms with Gasteiger partial charge in [0.2, 0.25) is 0 Å². The van der Waals surface area contributed by atoms with E-state index >= 15 is 0 Å². The van der Waals surface area contributed by atoms with Crippen molar-refractivity contribution in [3.05, 3.63) is 0 Å². The van der Waals surface area contributed by atoms with Crippen LogP contribution in [-0.2, 0) is 19.5 Å². The van der Waals surface area contributed by atoms with Gasteiger partial charge in [-0.15, -0.1) is 0 Å². The van der Waals surface area contributed by atoms with E-state index in [1.165, 1.54) is 0 Å². The number of rotatable bonds is 0. The fraction of sp³-hybridized carbons (Fsp3) is 0. The molecule has 0 saturated carbocycles. The molecule has 0 aliphatic carbocycles. The largest absolute Gasteiger partial charge is 0 e. The molecule has 2 nitrogen and oxygen atoms in total. The maximum atomic E-state index is 6.00. The summed E-state index contributed by atoms with van der Waals surface area (Å²) in [6, 6.07) is 0. The summed E-state index contributed by atoms with van der Waals surface area (Å²) in [5.74, 6) is 0. The first-order valence-electron chi connectivity index (χ1n) is 0.200. The van der Waals surface area contributed by atoms with Gasteiger partial charge in [-0.2, -0.15) is 0 Å². The molecule has 2 N–H and O–H groups in total. The van der Waals surface area contributed by atoms with Gasteiger partial charge in [-0.05, 0) is 0 Å². The summed E-state index contributed by atoms with van der Waals surface area (Å²) in [6.45, 7) is 0. The normalized spacial score (nSPS) is 1.20. The zero-order chi connectivity index (χ0) is 2.00. The molecule has 0 radical (unpaired) electrons. The maximum Gasteiger partial charge on any atom is 0 e. The van der Waals surface area contributed by atoms with Crippen molar-refractivity contribution in [3.63, 3.8) is 0 Å². The maximum absolute atomic E-state index is 6.00. The number of hydrogen-bond acceptors (Lipinski definition) is 2. The Morgan fingerprint density at radius 2 is 1.00 bits per heavy atom. The molecule has 0 saturated heterocycles. The first-order valence-corrected chi connectivity index (χ1v) is 0.200. The fourth-order valence-electron chi connectivity index (χ4n) is 0. The van der Waals surface area contributed by atoms with Crippen molar-refractivity contribution < 1.29 is 30.0 Å². The summed E-state index contributed by atoms with van der Waals surface area (Å²) < 4.78 is 0. The number of hydrogen-bond donors (Lipinski definition) is 2. The van der Waals surface area contributed by atoms with E-state index in [4.69, 9.17) is 10.5 Å². The molecule has 5 heteroatoms. The minimum Gasteiger partial charge on any atom is 0 e. The molecule has 5 heavy (non-hydrogen) atoms. The van der Waals surface area contributed by atoms with Crippen LogP contribution in [0.2, 0.25) is 0 Å². The Labute approximate surface area is 74.9 Å². The van der Waals surface area contributed by atoms with Gasteiger partial charge in [-0.1, -0.05) is 0 Å². The molecule has 0 bridgehead atoms. The minimum absolute atomic E-state index is 0. The van der Waals surface area contributed by atoms with Gasteiger partial charge in [-0.3, -0.25) is 10.5 Å². The van der Waals surface area contributed by atoms with Gasteiger partial charge in [0.1, 0.15) is 0 Å². The van der Waals surface area contributed by atoms with Gasteiger partial charge < -0.3 is 0 Å². The monoisotopic (exact) mass is 288 g/mol. The van der Waals surface area contributed by atoms with E-state index in [1.807, 2.05) is 0 Å². The summed E-state index contributed by atoms with van der Waals surface area (Å²) >= 11 is 0. The third-order valence-corrected chi connectivity index (χ3v) is 0. The smallest absolute Gasteiger partial charge is 0 e. The molecule has 0 amide bonds. The van der Waals surface area contributed by atoms with Gasteiger partial charge in [0.15, 0.2) is 0 Å². The van der Waals surface area contributed by atoms with E-state index in [-0.39, 0.29) is 65.1 Å². The van der Waals surface area contributed by atoms with Crippen LogP contribution in [0.5, 0.6) is 0 Å². The molecule has 0 rings (SSSR count). The molecule has 0 heterocycles. The van der Waals surface area contributed by atoms with Crippen molar-refractivity contribution in [1.82, 2.24) is 0 Å². The molecule has 0 spiro atoms. The summed E-state index contributed by atoms with van der Waals surface area (Å²) in [5.41, 5.74) is 0. The van der Waals surface area contributed by atoms with E-state index in [1.54, 1.807) is 0 Å². The topological polar surface area (TPSA) is 40.5 Å². The molecular formula is H8GaInO2Zn. The standard InChI is InChI=1S/Ga.In.H2O2.Zn.6H/c;;1-2;;;;;;;/h;;1-2H;;;;;;;. The Hall–Kier alpha value is 2.05. The van der Waals surface area contributed by atoms with Crippen molar-refractivity contribution in [3.8, 4) is 0 Å². The first-order chi connectivity index (χ1) is 1.00. The van der Waals surface area contributed by atoms with Crippen LogP contribution in [0, 0.1) is 0 Å². The van der Waals surface area contributed by atoms with E-state index in [2.05, 4.69) is 0 Å². The van der Waals surface area contributed by atoms with E-state index in [9.17, 15) is 0 Å². The fourth-order valence-corrected chi connectivity index (χ4v) is 0. The van der Waals surface area contributed by atoms with Gasteiger partial charge in [0.25, 0.3) is 0 Å². The predicted molar refractivity (Wildman–Crippen MR) is 25.1 cm³/mol. The predicted octanol–water partition coefficient (Wildman–Crippen LogP) is -2.35. The van der Waals surface area contributed by atoms with Crippen LogP contribution < -0.4 is 0 Å². The van der Waals surface area contributed by atoms with Crippen molar-refractivity contribution in [2.45, 2.75) is 0 Å². The molecule has 0 aromatic heterocycles.